The first-order chi connectivity index (χ1) is 25.9. The summed E-state index contributed by atoms with van der Waals surface area (Å²) >= 11 is 0. The van der Waals surface area contributed by atoms with E-state index in [0.29, 0.717) is 55.4 Å². The lowest BCUT2D eigenvalue weighted by Crippen LogP contribution is -2.51. The number of nitrogens with zero attached hydrogens (tertiary/aromatic N) is 7. The fraction of sp³-hybridized carbons (Fsp3) is 0.293. The lowest BCUT2D eigenvalue weighted by Gasteiger charge is -2.36. The molecule has 0 bridgehead atoms. The van der Waals surface area contributed by atoms with Crippen LogP contribution in [0.15, 0.2) is 97.1 Å². The van der Waals surface area contributed by atoms with Crippen molar-refractivity contribution in [3.8, 4) is 34.3 Å². The molecule has 0 radical (unpaired) electrons. The van der Waals surface area contributed by atoms with Crippen LogP contribution in [0.2, 0.25) is 0 Å². The van der Waals surface area contributed by atoms with E-state index in [4.69, 9.17) is 9.97 Å². The summed E-state index contributed by atoms with van der Waals surface area (Å²) in [7, 11) is 0. The SMILES string of the molecule is CCCC(O)C(=O)N1CCN(c2nc(-c3ccccc3O)nc3ccccc23)CC1.Oc1ccccc1-c1nc(N2CCNCC2)c2ccccc2n1. The normalized spacial score (nSPS) is 15.2. The number of fused-ring (bicyclic) bond motifs is 2. The van der Waals surface area contributed by atoms with E-state index in [9.17, 15) is 20.1 Å². The first-order valence-corrected chi connectivity index (χ1v) is 18.2. The summed E-state index contributed by atoms with van der Waals surface area (Å²) in [6.45, 7) is 7.99. The van der Waals surface area contributed by atoms with E-state index in [2.05, 4.69) is 31.2 Å². The van der Waals surface area contributed by atoms with Crippen molar-refractivity contribution < 1.29 is 20.1 Å². The molecule has 4 aromatic carbocycles. The van der Waals surface area contributed by atoms with E-state index in [0.717, 1.165) is 66.0 Å². The van der Waals surface area contributed by atoms with Crippen molar-refractivity contribution in [2.24, 2.45) is 0 Å². The van der Waals surface area contributed by atoms with E-state index >= 15 is 0 Å². The Morgan fingerprint density at radius 1 is 0.642 bits per heavy atom. The highest BCUT2D eigenvalue weighted by molar-refractivity contribution is 5.92. The largest absolute Gasteiger partial charge is 0.507 e. The topological polar surface area (TPSA) is 151 Å². The summed E-state index contributed by atoms with van der Waals surface area (Å²) < 4.78 is 0. The molecule has 0 spiro atoms. The molecule has 0 aliphatic carbocycles. The monoisotopic (exact) mass is 712 g/mol. The number of phenols is 2. The predicted molar refractivity (Wildman–Crippen MR) is 208 cm³/mol. The molecular formula is C41H44N8O4. The molecular weight excluding hydrogens is 669 g/mol. The third-order valence-electron chi connectivity index (χ3n) is 9.61. The molecule has 2 aromatic heterocycles. The fourth-order valence-corrected chi connectivity index (χ4v) is 6.79. The summed E-state index contributed by atoms with van der Waals surface area (Å²) in [4.78, 5) is 37.5. The number of aliphatic hydroxyl groups excluding tert-OH is 1. The van der Waals surface area contributed by atoms with E-state index < -0.39 is 6.10 Å². The molecule has 1 amide bonds. The Bertz CT molecular complexity index is 2200. The van der Waals surface area contributed by atoms with Gasteiger partial charge >= 0.3 is 0 Å². The molecule has 2 aliphatic rings. The number of carbonyl (C=O) groups is 1. The van der Waals surface area contributed by atoms with Crippen LogP contribution in [0.3, 0.4) is 0 Å². The van der Waals surface area contributed by atoms with E-state index in [1.54, 1.807) is 35.2 Å². The van der Waals surface area contributed by atoms with Gasteiger partial charge in [-0.25, -0.2) is 19.9 Å². The number of nitrogens with one attached hydrogen (secondary N) is 1. The van der Waals surface area contributed by atoms with Crippen molar-refractivity contribution in [3.05, 3.63) is 97.1 Å². The molecule has 8 rings (SSSR count). The molecule has 2 fully saturated rings. The molecule has 4 heterocycles. The maximum Gasteiger partial charge on any atom is 0.251 e. The number of para-hydroxylation sites is 4. The van der Waals surface area contributed by atoms with Gasteiger partial charge in [-0.2, -0.15) is 0 Å². The van der Waals surface area contributed by atoms with Crippen molar-refractivity contribution in [2.45, 2.75) is 25.9 Å². The smallest absolute Gasteiger partial charge is 0.251 e. The highest BCUT2D eigenvalue weighted by Crippen LogP contribution is 2.33. The van der Waals surface area contributed by atoms with Crippen LogP contribution in [0.5, 0.6) is 11.5 Å². The second kappa shape index (κ2) is 16.2. The number of aromatic nitrogens is 4. The maximum atomic E-state index is 12.4. The molecule has 2 saturated heterocycles. The quantitative estimate of drug-likeness (QED) is 0.172. The number of hydrogen-bond acceptors (Lipinski definition) is 11. The zero-order chi connectivity index (χ0) is 36.7. The minimum atomic E-state index is -0.922. The molecule has 1 unspecified atom stereocenters. The maximum absolute atomic E-state index is 12.4. The van der Waals surface area contributed by atoms with Gasteiger partial charge in [-0.05, 0) is 55.0 Å². The fourth-order valence-electron chi connectivity index (χ4n) is 6.79. The molecule has 2 aliphatic heterocycles. The van der Waals surface area contributed by atoms with Gasteiger partial charge in [0.2, 0.25) is 0 Å². The average molecular weight is 713 g/mol. The number of carbonyl (C=O) groups excluding carboxylic acids is 1. The molecule has 12 heteroatoms. The average Bonchev–Trinajstić information content (AvgIpc) is 3.21. The number of rotatable bonds is 7. The number of aromatic hydroxyl groups is 2. The van der Waals surface area contributed by atoms with Gasteiger partial charge in [-0.15, -0.1) is 0 Å². The Hall–Kier alpha value is -5.85. The number of amides is 1. The Morgan fingerprint density at radius 2 is 1.09 bits per heavy atom. The Morgan fingerprint density at radius 3 is 1.58 bits per heavy atom. The molecule has 6 aromatic rings. The summed E-state index contributed by atoms with van der Waals surface area (Å²) in [5.74, 6) is 2.91. The standard InChI is InChI=1S/C23H26N4O3.C18H18N4O/c1-2-7-20(29)23(30)27-14-12-26(13-15-27)22-16-8-3-5-10-18(16)24-21(25-22)17-9-4-6-11-19(17)28;23-16-8-4-2-6-14(16)17-20-15-7-3-1-5-13(15)18(21-17)22-11-9-19-10-12-22/h3-6,8-11,20,28-29H,2,7,12-15H2,1H3;1-8,19,23H,9-12H2. The van der Waals surface area contributed by atoms with Gasteiger partial charge in [0.25, 0.3) is 5.91 Å². The van der Waals surface area contributed by atoms with Crippen LogP contribution in [-0.4, -0.2) is 105 Å². The van der Waals surface area contributed by atoms with Crippen molar-refractivity contribution in [3.63, 3.8) is 0 Å². The van der Waals surface area contributed by atoms with Crippen LogP contribution in [-0.2, 0) is 4.79 Å². The Labute approximate surface area is 308 Å². The van der Waals surface area contributed by atoms with Crippen LogP contribution in [0.1, 0.15) is 19.8 Å². The van der Waals surface area contributed by atoms with Gasteiger partial charge in [0.1, 0.15) is 29.2 Å². The summed E-state index contributed by atoms with van der Waals surface area (Å²) in [5, 5.41) is 35.8. The highest BCUT2D eigenvalue weighted by atomic mass is 16.3. The summed E-state index contributed by atoms with van der Waals surface area (Å²) in [5.41, 5.74) is 2.95. The zero-order valence-electron chi connectivity index (χ0n) is 29.8. The van der Waals surface area contributed by atoms with Gasteiger partial charge in [0, 0.05) is 63.1 Å². The van der Waals surface area contributed by atoms with Crippen molar-refractivity contribution in [1.82, 2.24) is 30.2 Å². The van der Waals surface area contributed by atoms with Gasteiger partial charge in [0.05, 0.1) is 22.2 Å². The number of hydrogen-bond donors (Lipinski definition) is 4. The molecule has 0 saturated carbocycles. The van der Waals surface area contributed by atoms with E-state index in [-0.39, 0.29) is 17.4 Å². The first-order valence-electron chi connectivity index (χ1n) is 18.2. The summed E-state index contributed by atoms with van der Waals surface area (Å²) in [6.07, 6.45) is 0.336. The third-order valence-corrected chi connectivity index (χ3v) is 9.61. The van der Waals surface area contributed by atoms with Crippen molar-refractivity contribution >= 4 is 39.3 Å². The third kappa shape index (κ3) is 7.84. The lowest BCUT2D eigenvalue weighted by atomic mass is 10.1. The molecule has 4 N–H and O–H groups in total. The Balaban J connectivity index is 0.000000170. The van der Waals surface area contributed by atoms with Gasteiger partial charge < -0.3 is 35.3 Å². The van der Waals surface area contributed by atoms with Crippen LogP contribution in [0.4, 0.5) is 11.6 Å². The number of piperazine rings is 2. The second-order valence-electron chi connectivity index (χ2n) is 13.2. The van der Waals surface area contributed by atoms with Gasteiger partial charge in [-0.1, -0.05) is 61.9 Å². The number of anilines is 2. The number of aliphatic hydroxyl groups is 1. The van der Waals surface area contributed by atoms with Crippen LogP contribution in [0.25, 0.3) is 44.6 Å². The Kier molecular flexibility index (Phi) is 10.9. The first kappa shape index (κ1) is 35.5. The van der Waals surface area contributed by atoms with Crippen LogP contribution < -0.4 is 15.1 Å². The predicted octanol–water partition coefficient (Wildman–Crippen LogP) is 5.22. The van der Waals surface area contributed by atoms with Crippen molar-refractivity contribution in [2.75, 3.05) is 62.2 Å². The second-order valence-corrected chi connectivity index (χ2v) is 13.2. The van der Waals surface area contributed by atoms with Crippen LogP contribution >= 0.6 is 0 Å². The van der Waals surface area contributed by atoms with E-state index in [1.165, 1.54) is 0 Å². The van der Waals surface area contributed by atoms with Crippen LogP contribution in [0, 0.1) is 0 Å². The number of phenolic OH excluding ortho intramolecular Hbond substituents is 2. The van der Waals surface area contributed by atoms with Gasteiger partial charge in [0.15, 0.2) is 11.6 Å². The van der Waals surface area contributed by atoms with Crippen molar-refractivity contribution in [1.29, 1.82) is 0 Å². The van der Waals surface area contributed by atoms with E-state index in [1.807, 2.05) is 67.6 Å². The minimum Gasteiger partial charge on any atom is -0.507 e. The molecule has 12 nitrogen and oxygen atoms in total. The number of benzene rings is 4. The molecule has 272 valence electrons. The lowest BCUT2D eigenvalue weighted by molar-refractivity contribution is -0.140. The highest BCUT2D eigenvalue weighted by Gasteiger charge is 2.27. The zero-order valence-corrected chi connectivity index (χ0v) is 29.8. The molecule has 1 atom stereocenters. The molecule has 53 heavy (non-hydrogen) atoms. The van der Waals surface area contributed by atoms with Gasteiger partial charge in [-0.3, -0.25) is 4.79 Å². The minimum absolute atomic E-state index is 0.138. The summed E-state index contributed by atoms with van der Waals surface area (Å²) in [6, 6.07) is 30.1.